The van der Waals surface area contributed by atoms with Crippen LogP contribution < -0.4 is 0 Å². The third-order valence-electron chi connectivity index (χ3n) is 2.36. The van der Waals surface area contributed by atoms with E-state index in [9.17, 15) is 5.11 Å². The van der Waals surface area contributed by atoms with Crippen LogP contribution in [0.2, 0.25) is 0 Å². The van der Waals surface area contributed by atoms with Gasteiger partial charge in [0.2, 0.25) is 0 Å². The van der Waals surface area contributed by atoms with Crippen LogP contribution in [0.15, 0.2) is 43.1 Å². The molecule has 2 rings (SSSR count). The van der Waals surface area contributed by atoms with Gasteiger partial charge in [-0.05, 0) is 49.6 Å². The fraction of sp³-hybridized carbons (Fsp3) is 0.167. The van der Waals surface area contributed by atoms with Gasteiger partial charge in [0, 0.05) is 20.2 Å². The Morgan fingerprint density at radius 2 is 1.82 bits per heavy atom. The molecule has 5 heteroatoms. The summed E-state index contributed by atoms with van der Waals surface area (Å²) in [5.41, 5.74) is 1.11. The van der Waals surface area contributed by atoms with Gasteiger partial charge in [0.15, 0.2) is 0 Å². The Labute approximate surface area is 129 Å². The highest BCUT2D eigenvalue weighted by atomic mass is 79.9. The molecule has 0 saturated heterocycles. The summed E-state index contributed by atoms with van der Waals surface area (Å²) in [6.07, 6.45) is 0.141. The van der Waals surface area contributed by atoms with Crippen molar-refractivity contribution in [2.45, 2.75) is 12.5 Å². The van der Waals surface area contributed by atoms with Gasteiger partial charge in [-0.25, -0.2) is 0 Å². The number of rotatable bonds is 3. The van der Waals surface area contributed by atoms with E-state index < -0.39 is 6.10 Å². The second-order valence-corrected chi connectivity index (χ2v) is 7.69. The zero-order valence-corrected chi connectivity index (χ0v) is 14.2. The maximum atomic E-state index is 10.2. The van der Waals surface area contributed by atoms with Crippen LogP contribution in [0.25, 0.3) is 0 Å². The highest BCUT2D eigenvalue weighted by Gasteiger charge is 2.14. The molecule has 1 N–H and O–H groups in total. The Balaban J connectivity index is 2.17. The van der Waals surface area contributed by atoms with E-state index in [4.69, 9.17) is 0 Å². The molecule has 0 aliphatic carbocycles. The molecule has 0 saturated carbocycles. The Hall–Kier alpha value is 0.320. The smallest absolute Gasteiger partial charge is 0.0923 e. The van der Waals surface area contributed by atoms with Crippen molar-refractivity contribution in [3.63, 3.8) is 0 Å². The molecule has 0 radical (unpaired) electrons. The Morgan fingerprint density at radius 3 is 2.41 bits per heavy atom. The van der Waals surface area contributed by atoms with Gasteiger partial charge < -0.3 is 5.11 Å². The van der Waals surface area contributed by atoms with Crippen LogP contribution in [0, 0.1) is 0 Å². The molecule has 1 aromatic heterocycles. The minimum absolute atomic E-state index is 0.471. The van der Waals surface area contributed by atoms with E-state index in [-0.39, 0.29) is 0 Å². The number of halogens is 3. The average Bonchev–Trinajstić information content (AvgIpc) is 2.63. The summed E-state index contributed by atoms with van der Waals surface area (Å²) in [4.78, 5) is 0.958. The number of thiophene rings is 1. The molecule has 0 spiro atoms. The van der Waals surface area contributed by atoms with Gasteiger partial charge in [-0.2, -0.15) is 0 Å². The summed E-state index contributed by atoms with van der Waals surface area (Å²) < 4.78 is 3.04. The van der Waals surface area contributed by atoms with Gasteiger partial charge in [-0.15, -0.1) is 11.3 Å². The molecule has 1 unspecified atom stereocenters. The van der Waals surface area contributed by atoms with Crippen molar-refractivity contribution in [3.8, 4) is 0 Å². The second kappa shape index (κ2) is 5.97. The molecule has 1 atom stereocenters. The number of aliphatic hydroxyl groups excluding tert-OH is 1. The zero-order valence-electron chi connectivity index (χ0n) is 8.66. The average molecular weight is 441 g/mol. The van der Waals surface area contributed by atoms with E-state index in [2.05, 4.69) is 47.8 Å². The largest absolute Gasteiger partial charge is 0.387 e. The molecule has 1 aromatic carbocycles. The zero-order chi connectivity index (χ0) is 12.4. The first-order valence-corrected chi connectivity index (χ1v) is 8.13. The van der Waals surface area contributed by atoms with E-state index in [1.54, 1.807) is 11.3 Å². The van der Waals surface area contributed by atoms with Crippen LogP contribution in [0.4, 0.5) is 0 Å². The molecule has 1 nitrogen and oxygen atoms in total. The summed E-state index contributed by atoms with van der Waals surface area (Å²) in [7, 11) is 0. The van der Waals surface area contributed by atoms with Crippen LogP contribution in [-0.4, -0.2) is 5.11 Å². The molecule has 0 amide bonds. The molecule has 0 aliphatic heterocycles. The maximum absolute atomic E-state index is 10.2. The van der Waals surface area contributed by atoms with Crippen LogP contribution in [0.1, 0.15) is 16.5 Å². The van der Waals surface area contributed by atoms with Gasteiger partial charge in [-0.3, -0.25) is 0 Å². The van der Waals surface area contributed by atoms with Gasteiger partial charge in [0.1, 0.15) is 0 Å². The van der Waals surface area contributed by atoms with E-state index >= 15 is 0 Å². The minimum Gasteiger partial charge on any atom is -0.387 e. The fourth-order valence-electron chi connectivity index (χ4n) is 1.50. The van der Waals surface area contributed by atoms with Crippen LogP contribution in [0.5, 0.6) is 0 Å². The van der Waals surface area contributed by atoms with E-state index in [0.29, 0.717) is 6.42 Å². The summed E-state index contributed by atoms with van der Waals surface area (Å²) in [5.74, 6) is 0. The molecule has 2 aromatic rings. The first-order valence-electron chi connectivity index (χ1n) is 4.94. The van der Waals surface area contributed by atoms with Crippen molar-refractivity contribution in [2.24, 2.45) is 0 Å². The molecular weight excluding hydrogens is 432 g/mol. The third-order valence-corrected chi connectivity index (χ3v) is 6.49. The van der Waals surface area contributed by atoms with Crippen molar-refractivity contribution in [1.82, 2.24) is 0 Å². The van der Waals surface area contributed by atoms with Crippen LogP contribution in [-0.2, 0) is 6.42 Å². The molecule has 0 fully saturated rings. The van der Waals surface area contributed by atoms with Crippen molar-refractivity contribution in [2.75, 3.05) is 0 Å². The fourth-order valence-corrected chi connectivity index (χ4v) is 4.02. The van der Waals surface area contributed by atoms with Gasteiger partial charge in [0.25, 0.3) is 0 Å². The first kappa shape index (κ1) is 13.7. The minimum atomic E-state index is -0.471. The van der Waals surface area contributed by atoms with Crippen LogP contribution in [0.3, 0.4) is 0 Å². The lowest BCUT2D eigenvalue weighted by atomic mass is 10.1. The van der Waals surface area contributed by atoms with E-state index in [0.717, 1.165) is 23.2 Å². The summed E-state index contributed by atoms with van der Waals surface area (Å²) in [6, 6.07) is 9.91. The molecule has 90 valence electrons. The van der Waals surface area contributed by atoms with Crippen molar-refractivity contribution >= 4 is 59.1 Å². The monoisotopic (exact) mass is 438 g/mol. The number of hydrogen-bond donors (Lipinski definition) is 1. The normalized spacial score (nSPS) is 12.7. The highest BCUT2D eigenvalue weighted by Crippen LogP contribution is 2.36. The maximum Gasteiger partial charge on any atom is 0.0923 e. The van der Waals surface area contributed by atoms with E-state index in [1.807, 2.05) is 30.3 Å². The van der Waals surface area contributed by atoms with Gasteiger partial charge in [-0.1, -0.05) is 34.1 Å². The predicted octanol–water partition coefficient (Wildman–Crippen LogP) is 5.31. The molecule has 1 heterocycles. The third kappa shape index (κ3) is 3.41. The van der Waals surface area contributed by atoms with E-state index in [1.165, 1.54) is 0 Å². The quantitative estimate of drug-likeness (QED) is 0.685. The molecular formula is C12H9Br3OS. The summed E-state index contributed by atoms with van der Waals surface area (Å²) in [6.45, 7) is 0. The standard InChI is InChI=1S/C12H9Br3OS/c13-8-4-2-1-3-7(8)5-10(16)11-6-9(14)12(15)17-11/h1-4,6,10,16H,5H2. The summed E-state index contributed by atoms with van der Waals surface area (Å²) in [5, 5.41) is 10.2. The summed E-state index contributed by atoms with van der Waals surface area (Å²) >= 11 is 11.9. The highest BCUT2D eigenvalue weighted by molar-refractivity contribution is 9.13. The van der Waals surface area contributed by atoms with Crippen molar-refractivity contribution in [3.05, 3.63) is 53.5 Å². The van der Waals surface area contributed by atoms with Gasteiger partial charge in [0.05, 0.1) is 9.89 Å². The Morgan fingerprint density at radius 1 is 1.12 bits per heavy atom. The number of aliphatic hydroxyl groups is 1. The SMILES string of the molecule is OC(Cc1ccccc1Br)c1cc(Br)c(Br)s1. The van der Waals surface area contributed by atoms with Crippen molar-refractivity contribution in [1.29, 1.82) is 0 Å². The lowest BCUT2D eigenvalue weighted by Crippen LogP contribution is -2.00. The predicted molar refractivity (Wildman–Crippen MR) is 82.5 cm³/mol. The van der Waals surface area contributed by atoms with Crippen LogP contribution >= 0.6 is 59.1 Å². The molecule has 17 heavy (non-hydrogen) atoms. The first-order chi connectivity index (χ1) is 8.08. The molecule has 0 bridgehead atoms. The lowest BCUT2D eigenvalue weighted by Gasteiger charge is -2.09. The van der Waals surface area contributed by atoms with Gasteiger partial charge >= 0.3 is 0 Å². The Bertz CT molecular complexity index is 505. The Kier molecular flexibility index (Phi) is 4.83. The number of hydrogen-bond acceptors (Lipinski definition) is 2. The second-order valence-electron chi connectivity index (χ2n) is 3.58. The number of benzene rings is 1. The molecule has 0 aliphatic rings. The topological polar surface area (TPSA) is 20.2 Å². The lowest BCUT2D eigenvalue weighted by molar-refractivity contribution is 0.182. The van der Waals surface area contributed by atoms with Crippen molar-refractivity contribution < 1.29 is 5.11 Å².